The molecule has 0 saturated carbocycles. The molecule has 0 radical (unpaired) electrons. The van der Waals surface area contributed by atoms with Crippen molar-refractivity contribution >= 4 is 32.3 Å². The lowest BCUT2D eigenvalue weighted by Crippen LogP contribution is -2.68. The van der Waals surface area contributed by atoms with Crippen LogP contribution in [0.5, 0.6) is 0 Å². The van der Waals surface area contributed by atoms with E-state index in [0.29, 0.717) is 0 Å². The first-order valence-corrected chi connectivity index (χ1v) is 15.3. The standard InChI is InChI=1S/C26H39NO10Si/c1-16(28)32-15-20-22(34-17(2)29)23(35-18(3)30)21(24(36-20)37-38(7,8)26(4,5)6)27-25(31)33-14-19-12-10-9-11-13-19/h9-13,20-24H,14-15H2,1-8H3,(H,27,31)/t20?,21?,22-,23?,24+/m1/s1. The summed E-state index contributed by atoms with van der Waals surface area (Å²) in [5.74, 6) is -1.95. The fraction of sp³-hybridized carbons (Fsp3) is 0.615. The number of carbonyl (C=O) groups is 4. The van der Waals surface area contributed by atoms with E-state index in [-0.39, 0.29) is 18.3 Å². The maximum atomic E-state index is 12.9. The molecule has 1 aliphatic heterocycles. The first kappa shape index (κ1) is 31.3. The molecule has 1 aliphatic rings. The summed E-state index contributed by atoms with van der Waals surface area (Å²) in [6.45, 7) is 13.4. The zero-order chi connectivity index (χ0) is 28.7. The highest BCUT2D eigenvalue weighted by Gasteiger charge is 2.54. The number of nitrogens with one attached hydrogen (secondary N) is 1. The Morgan fingerprint density at radius 2 is 1.47 bits per heavy atom. The van der Waals surface area contributed by atoms with Crippen molar-refractivity contribution in [2.24, 2.45) is 0 Å². The van der Waals surface area contributed by atoms with E-state index in [9.17, 15) is 19.2 Å². The number of carbonyl (C=O) groups excluding carboxylic acids is 4. The highest BCUT2D eigenvalue weighted by Crippen LogP contribution is 2.39. The van der Waals surface area contributed by atoms with Crippen LogP contribution in [-0.2, 0) is 49.1 Å². The number of benzene rings is 1. The molecule has 2 rings (SSSR count). The van der Waals surface area contributed by atoms with Crippen LogP contribution in [0.2, 0.25) is 18.1 Å². The summed E-state index contributed by atoms with van der Waals surface area (Å²) in [6, 6.07) is 7.97. The normalized spacial score (nSPS) is 23.6. The smallest absolute Gasteiger partial charge is 0.407 e. The van der Waals surface area contributed by atoms with Crippen LogP contribution >= 0.6 is 0 Å². The molecule has 1 fully saturated rings. The van der Waals surface area contributed by atoms with Gasteiger partial charge in [-0.15, -0.1) is 0 Å². The number of hydrogen-bond donors (Lipinski definition) is 1. The average Bonchev–Trinajstić information content (AvgIpc) is 2.79. The second-order valence-corrected chi connectivity index (χ2v) is 15.4. The van der Waals surface area contributed by atoms with E-state index in [1.165, 1.54) is 20.8 Å². The Labute approximate surface area is 224 Å². The highest BCUT2D eigenvalue weighted by atomic mass is 28.4. The van der Waals surface area contributed by atoms with Gasteiger partial charge in [0.2, 0.25) is 0 Å². The van der Waals surface area contributed by atoms with Crippen molar-refractivity contribution in [3.05, 3.63) is 35.9 Å². The van der Waals surface area contributed by atoms with Gasteiger partial charge in [-0.1, -0.05) is 51.1 Å². The summed E-state index contributed by atoms with van der Waals surface area (Å²) in [6.07, 6.45) is -5.44. The van der Waals surface area contributed by atoms with E-state index in [0.717, 1.165) is 5.56 Å². The van der Waals surface area contributed by atoms with E-state index in [1.807, 2.05) is 52.1 Å². The minimum atomic E-state index is -2.53. The van der Waals surface area contributed by atoms with Crippen LogP contribution in [-0.4, -0.2) is 69.6 Å². The number of hydrogen-bond acceptors (Lipinski definition) is 10. The van der Waals surface area contributed by atoms with Crippen molar-refractivity contribution < 1.29 is 47.3 Å². The van der Waals surface area contributed by atoms with Gasteiger partial charge in [0.05, 0.1) is 0 Å². The Morgan fingerprint density at radius 1 is 0.895 bits per heavy atom. The first-order chi connectivity index (χ1) is 17.6. The Morgan fingerprint density at radius 3 is 2.00 bits per heavy atom. The zero-order valence-electron chi connectivity index (χ0n) is 23.3. The number of alkyl carbamates (subject to hydrolysis) is 1. The van der Waals surface area contributed by atoms with E-state index in [1.54, 1.807) is 12.1 Å². The summed E-state index contributed by atoms with van der Waals surface area (Å²) >= 11 is 0. The molecule has 11 nitrogen and oxygen atoms in total. The number of amides is 1. The number of rotatable bonds is 9. The monoisotopic (exact) mass is 553 g/mol. The van der Waals surface area contributed by atoms with Gasteiger partial charge in [-0.3, -0.25) is 14.4 Å². The predicted octanol–water partition coefficient (Wildman–Crippen LogP) is 3.45. The molecule has 1 aromatic rings. The summed E-state index contributed by atoms with van der Waals surface area (Å²) in [4.78, 5) is 48.6. The van der Waals surface area contributed by atoms with Crippen LogP contribution in [0.1, 0.15) is 47.1 Å². The Kier molecular flexibility index (Phi) is 10.9. The molecule has 0 bridgehead atoms. The van der Waals surface area contributed by atoms with Crippen molar-refractivity contribution in [3.63, 3.8) is 0 Å². The topological polar surface area (TPSA) is 136 Å². The lowest BCUT2D eigenvalue weighted by Gasteiger charge is -2.48. The first-order valence-electron chi connectivity index (χ1n) is 12.4. The summed E-state index contributed by atoms with van der Waals surface area (Å²) in [5.41, 5.74) is 0.771. The zero-order valence-corrected chi connectivity index (χ0v) is 24.3. The van der Waals surface area contributed by atoms with Crippen LogP contribution in [0, 0.1) is 0 Å². The average molecular weight is 554 g/mol. The van der Waals surface area contributed by atoms with Gasteiger partial charge in [0.25, 0.3) is 0 Å². The van der Waals surface area contributed by atoms with Crippen molar-refractivity contribution in [2.45, 2.75) is 96.9 Å². The molecule has 38 heavy (non-hydrogen) atoms. The molecule has 212 valence electrons. The van der Waals surface area contributed by atoms with E-state index in [2.05, 4.69) is 5.32 Å². The molecule has 1 saturated heterocycles. The van der Waals surface area contributed by atoms with Crippen molar-refractivity contribution in [1.29, 1.82) is 0 Å². The maximum Gasteiger partial charge on any atom is 0.407 e. The van der Waals surface area contributed by atoms with Gasteiger partial charge < -0.3 is 33.4 Å². The fourth-order valence-electron chi connectivity index (χ4n) is 3.52. The Bertz CT molecular complexity index is 978. The molecule has 0 spiro atoms. The van der Waals surface area contributed by atoms with Crippen LogP contribution in [0.25, 0.3) is 0 Å². The number of ether oxygens (including phenoxy) is 5. The maximum absolute atomic E-state index is 12.9. The molecule has 1 aromatic carbocycles. The predicted molar refractivity (Wildman–Crippen MR) is 138 cm³/mol. The second kappa shape index (κ2) is 13.2. The molecule has 12 heteroatoms. The van der Waals surface area contributed by atoms with Crippen molar-refractivity contribution in [3.8, 4) is 0 Å². The number of esters is 3. The van der Waals surface area contributed by atoms with Crippen molar-refractivity contribution in [2.75, 3.05) is 6.61 Å². The Hall–Kier alpha value is -2.96. The minimum absolute atomic E-state index is 0.00527. The van der Waals surface area contributed by atoms with E-state index >= 15 is 0 Å². The van der Waals surface area contributed by atoms with Gasteiger partial charge in [-0.2, -0.15) is 0 Å². The lowest BCUT2D eigenvalue weighted by molar-refractivity contribution is -0.259. The molecule has 1 heterocycles. The SMILES string of the molecule is CC(=O)OCC1O[C@@H](O[Si](C)(C)C(C)(C)C)C(NC(=O)OCc2ccccc2)C(OC(C)=O)[C@@H]1OC(C)=O. The van der Waals surface area contributed by atoms with Gasteiger partial charge in [0, 0.05) is 20.8 Å². The van der Waals surface area contributed by atoms with Gasteiger partial charge in [-0.25, -0.2) is 4.79 Å². The third-order valence-electron chi connectivity index (χ3n) is 6.42. The summed E-state index contributed by atoms with van der Waals surface area (Å²) < 4.78 is 34.2. The van der Waals surface area contributed by atoms with E-state index in [4.69, 9.17) is 28.1 Å². The second-order valence-electron chi connectivity index (χ2n) is 10.6. The van der Waals surface area contributed by atoms with Gasteiger partial charge in [0.15, 0.2) is 26.8 Å². The quantitative estimate of drug-likeness (QED) is 0.275. The lowest BCUT2D eigenvalue weighted by atomic mass is 9.96. The minimum Gasteiger partial charge on any atom is -0.463 e. The molecule has 0 aromatic heterocycles. The summed E-state index contributed by atoms with van der Waals surface area (Å²) in [7, 11) is -2.53. The third-order valence-corrected chi connectivity index (χ3v) is 10.8. The van der Waals surface area contributed by atoms with E-state index < -0.39 is 63.0 Å². The van der Waals surface area contributed by atoms with Crippen LogP contribution in [0.15, 0.2) is 30.3 Å². The fourth-order valence-corrected chi connectivity index (χ4v) is 4.66. The van der Waals surface area contributed by atoms with Crippen LogP contribution < -0.4 is 5.32 Å². The molecular formula is C26H39NO10Si. The van der Waals surface area contributed by atoms with Gasteiger partial charge in [-0.05, 0) is 23.7 Å². The molecule has 5 atom stereocenters. The van der Waals surface area contributed by atoms with Gasteiger partial charge >= 0.3 is 24.0 Å². The molecule has 0 aliphatic carbocycles. The molecule has 3 unspecified atom stereocenters. The van der Waals surface area contributed by atoms with Crippen LogP contribution in [0.4, 0.5) is 4.79 Å². The molecule has 1 N–H and O–H groups in total. The van der Waals surface area contributed by atoms with Crippen molar-refractivity contribution in [1.82, 2.24) is 5.32 Å². The van der Waals surface area contributed by atoms with Crippen LogP contribution in [0.3, 0.4) is 0 Å². The van der Waals surface area contributed by atoms with Gasteiger partial charge in [0.1, 0.15) is 25.4 Å². The summed E-state index contributed by atoms with van der Waals surface area (Å²) in [5, 5.41) is 2.45. The molecule has 1 amide bonds. The highest BCUT2D eigenvalue weighted by molar-refractivity contribution is 6.74. The Balaban J connectivity index is 2.44. The molecular weight excluding hydrogens is 514 g/mol. The third kappa shape index (κ3) is 9.10. The largest absolute Gasteiger partial charge is 0.463 e.